The SMILES string of the molecule is CC(C)(C(=O)c1ccc(-c2ccc(-c3ccc(CP)c(CP)c3)cc2)cc1)N1CCOCC1. The molecule has 2 unspecified atom stereocenters. The molecule has 2 atom stereocenters. The summed E-state index contributed by atoms with van der Waals surface area (Å²) in [5, 5.41) is 0. The van der Waals surface area contributed by atoms with Crippen LogP contribution in [0.15, 0.2) is 66.7 Å². The van der Waals surface area contributed by atoms with Crippen molar-refractivity contribution in [2.75, 3.05) is 26.3 Å². The maximum Gasteiger partial charge on any atom is 0.182 e. The van der Waals surface area contributed by atoms with Crippen LogP contribution in [0.3, 0.4) is 0 Å². The first kappa shape index (κ1) is 24.2. The second-order valence-electron chi connectivity index (χ2n) is 9.03. The van der Waals surface area contributed by atoms with Crippen LogP contribution in [0.25, 0.3) is 22.3 Å². The van der Waals surface area contributed by atoms with Crippen LogP contribution in [-0.4, -0.2) is 42.5 Å². The molecular weight excluding hydrogens is 444 g/mol. The first-order valence-electron chi connectivity index (χ1n) is 11.5. The number of hydrogen-bond acceptors (Lipinski definition) is 3. The van der Waals surface area contributed by atoms with Crippen molar-refractivity contribution >= 4 is 24.3 Å². The molecule has 3 nitrogen and oxygen atoms in total. The summed E-state index contributed by atoms with van der Waals surface area (Å²) in [7, 11) is 5.64. The molecule has 0 spiro atoms. The Balaban J connectivity index is 1.51. The second kappa shape index (κ2) is 10.6. The monoisotopic (exact) mass is 477 g/mol. The van der Waals surface area contributed by atoms with E-state index >= 15 is 0 Å². The molecule has 0 aliphatic carbocycles. The number of ether oxygens (including phenoxy) is 1. The van der Waals surface area contributed by atoms with E-state index in [1.54, 1.807) is 0 Å². The van der Waals surface area contributed by atoms with E-state index in [0.717, 1.165) is 42.1 Å². The van der Waals surface area contributed by atoms with Gasteiger partial charge in [0.1, 0.15) is 0 Å². The molecule has 1 saturated heterocycles. The van der Waals surface area contributed by atoms with Gasteiger partial charge in [0.05, 0.1) is 18.8 Å². The van der Waals surface area contributed by atoms with Crippen molar-refractivity contribution in [2.45, 2.75) is 31.7 Å². The maximum absolute atomic E-state index is 13.2. The number of benzene rings is 3. The first-order valence-corrected chi connectivity index (χ1v) is 13.2. The standard InChI is InChI=1S/C28H33NO2P2/c1-28(2,29-13-15-31-16-14-29)27(30)23-9-7-21(8-10-23)20-3-5-22(6-4-20)24-11-12-25(18-32)26(17-24)19-33/h3-12,17H,13-16,18-19,32-33H2,1-2H3. The fourth-order valence-corrected chi connectivity index (χ4v) is 5.26. The van der Waals surface area contributed by atoms with Crippen molar-refractivity contribution < 1.29 is 9.53 Å². The average molecular weight is 478 g/mol. The van der Waals surface area contributed by atoms with Gasteiger partial charge in [0.25, 0.3) is 0 Å². The summed E-state index contributed by atoms with van der Waals surface area (Å²) in [6.45, 7) is 6.99. The third kappa shape index (κ3) is 5.28. The summed E-state index contributed by atoms with van der Waals surface area (Å²) in [4.78, 5) is 15.4. The van der Waals surface area contributed by atoms with Crippen LogP contribution in [0.4, 0.5) is 0 Å². The second-order valence-corrected chi connectivity index (χ2v) is 9.85. The van der Waals surface area contributed by atoms with Gasteiger partial charge < -0.3 is 4.74 Å². The van der Waals surface area contributed by atoms with Crippen molar-refractivity contribution in [3.05, 3.63) is 83.4 Å². The molecule has 1 heterocycles. The molecular formula is C28H33NO2P2. The Bertz CT molecular complexity index is 1100. The van der Waals surface area contributed by atoms with E-state index < -0.39 is 5.54 Å². The molecule has 1 aliphatic heterocycles. The van der Waals surface area contributed by atoms with Crippen LogP contribution < -0.4 is 0 Å². The van der Waals surface area contributed by atoms with Crippen LogP contribution in [0, 0.1) is 0 Å². The quantitative estimate of drug-likeness (QED) is 0.306. The molecule has 4 rings (SSSR count). The topological polar surface area (TPSA) is 29.5 Å². The summed E-state index contributed by atoms with van der Waals surface area (Å²) in [5.41, 5.74) is 7.70. The number of Topliss-reactive ketones (excluding diaryl/α,β-unsaturated/α-hetero) is 1. The highest BCUT2D eigenvalue weighted by Crippen LogP contribution is 2.29. The van der Waals surface area contributed by atoms with E-state index in [2.05, 4.69) is 78.0 Å². The van der Waals surface area contributed by atoms with Crippen molar-refractivity contribution in [1.82, 2.24) is 4.90 Å². The van der Waals surface area contributed by atoms with Gasteiger partial charge in [-0.2, -0.15) is 0 Å². The first-order chi connectivity index (χ1) is 15.9. The third-order valence-corrected chi connectivity index (χ3v) is 7.58. The van der Waals surface area contributed by atoms with Crippen molar-refractivity contribution in [3.63, 3.8) is 0 Å². The number of hydrogen-bond donors (Lipinski definition) is 0. The van der Waals surface area contributed by atoms with Gasteiger partial charge in [0.15, 0.2) is 5.78 Å². The lowest BCUT2D eigenvalue weighted by Gasteiger charge is -2.39. The summed E-state index contributed by atoms with van der Waals surface area (Å²) in [5.74, 6) is 0.158. The van der Waals surface area contributed by atoms with E-state index in [0.29, 0.717) is 13.2 Å². The van der Waals surface area contributed by atoms with Crippen molar-refractivity contribution in [2.24, 2.45) is 0 Å². The average Bonchev–Trinajstić information content (AvgIpc) is 2.88. The molecule has 0 bridgehead atoms. The predicted octanol–water partition coefficient (Wildman–Crippen LogP) is 6.06. The van der Waals surface area contributed by atoms with Gasteiger partial charge in [-0.1, -0.05) is 66.7 Å². The molecule has 33 heavy (non-hydrogen) atoms. The molecule has 1 aliphatic rings. The minimum Gasteiger partial charge on any atom is -0.379 e. The third-order valence-electron chi connectivity index (χ3n) is 6.70. The number of ketones is 1. The van der Waals surface area contributed by atoms with Gasteiger partial charge >= 0.3 is 0 Å². The van der Waals surface area contributed by atoms with Crippen molar-refractivity contribution in [3.8, 4) is 22.3 Å². The lowest BCUT2D eigenvalue weighted by atomic mass is 9.90. The fourth-order valence-electron chi connectivity index (χ4n) is 4.48. The van der Waals surface area contributed by atoms with E-state index in [1.165, 1.54) is 22.3 Å². The molecule has 5 heteroatoms. The Morgan fingerprint density at radius 2 is 1.27 bits per heavy atom. The molecule has 1 fully saturated rings. The molecule has 172 valence electrons. The summed E-state index contributed by atoms with van der Waals surface area (Å²) >= 11 is 0. The predicted molar refractivity (Wildman–Crippen MR) is 145 cm³/mol. The van der Waals surface area contributed by atoms with Crippen LogP contribution >= 0.6 is 18.5 Å². The minimum absolute atomic E-state index is 0.158. The minimum atomic E-state index is -0.533. The molecule has 0 radical (unpaired) electrons. The molecule has 0 saturated carbocycles. The number of nitrogens with zero attached hydrogens (tertiary/aromatic N) is 1. The summed E-state index contributed by atoms with van der Waals surface area (Å²) in [6.07, 6.45) is 1.94. The van der Waals surface area contributed by atoms with Crippen LogP contribution in [0.1, 0.15) is 35.3 Å². The van der Waals surface area contributed by atoms with Crippen LogP contribution in [0.2, 0.25) is 0 Å². The number of carbonyl (C=O) groups excluding carboxylic acids is 1. The van der Waals surface area contributed by atoms with E-state index in [-0.39, 0.29) is 5.78 Å². The summed E-state index contributed by atoms with van der Waals surface area (Å²) < 4.78 is 5.45. The Kier molecular flexibility index (Phi) is 7.77. The number of rotatable bonds is 7. The highest BCUT2D eigenvalue weighted by atomic mass is 31.0. The van der Waals surface area contributed by atoms with E-state index in [1.807, 2.05) is 26.0 Å². The van der Waals surface area contributed by atoms with Gasteiger partial charge in [0, 0.05) is 18.7 Å². The van der Waals surface area contributed by atoms with Crippen LogP contribution in [-0.2, 0) is 17.1 Å². The Hall–Kier alpha value is -1.89. The highest BCUT2D eigenvalue weighted by molar-refractivity contribution is 7.16. The largest absolute Gasteiger partial charge is 0.379 e. The zero-order valence-corrected chi connectivity index (χ0v) is 21.8. The molecule has 3 aromatic carbocycles. The van der Waals surface area contributed by atoms with Gasteiger partial charge in [-0.05, 0) is 59.6 Å². The van der Waals surface area contributed by atoms with E-state index in [9.17, 15) is 4.79 Å². The van der Waals surface area contributed by atoms with Gasteiger partial charge in [-0.25, -0.2) is 0 Å². The van der Waals surface area contributed by atoms with Gasteiger partial charge in [-0.15, -0.1) is 18.5 Å². The molecule has 0 amide bonds. The zero-order chi connectivity index (χ0) is 23.4. The smallest absolute Gasteiger partial charge is 0.182 e. The lowest BCUT2D eigenvalue weighted by molar-refractivity contribution is -0.00429. The molecule has 0 aromatic heterocycles. The molecule has 3 aromatic rings. The highest BCUT2D eigenvalue weighted by Gasteiger charge is 2.35. The summed E-state index contributed by atoms with van der Waals surface area (Å²) in [6, 6.07) is 23.4. The Labute approximate surface area is 202 Å². The fraction of sp³-hybridized carbons (Fsp3) is 0.321. The van der Waals surface area contributed by atoms with Gasteiger partial charge in [-0.3, -0.25) is 9.69 Å². The normalized spacial score (nSPS) is 14.9. The van der Waals surface area contributed by atoms with Crippen molar-refractivity contribution in [1.29, 1.82) is 0 Å². The maximum atomic E-state index is 13.2. The van der Waals surface area contributed by atoms with Gasteiger partial charge in [0.2, 0.25) is 0 Å². The number of morpholine rings is 1. The van der Waals surface area contributed by atoms with E-state index in [4.69, 9.17) is 4.74 Å². The molecule has 0 N–H and O–H groups in total. The Morgan fingerprint density at radius 3 is 1.82 bits per heavy atom. The number of carbonyl (C=O) groups is 1. The van der Waals surface area contributed by atoms with Crippen LogP contribution in [0.5, 0.6) is 0 Å². The Morgan fingerprint density at radius 1 is 0.788 bits per heavy atom. The zero-order valence-electron chi connectivity index (χ0n) is 19.5. The lowest BCUT2D eigenvalue weighted by Crippen LogP contribution is -2.54.